The number of fused-ring (bicyclic) bond motifs is 1. The van der Waals surface area contributed by atoms with E-state index in [1.165, 1.54) is 18.2 Å². The standard InChI is InChI=1S/C17H15F3O6S/c1-16(17(18,19)20,9-27(22,23)24)26-15(21)12-5-3-10-2-4-11(14-8-25-14)6-13(10)7-12/h2-7,14H,8-9H2,1H3,(H,22,23,24). The van der Waals surface area contributed by atoms with Crippen LogP contribution in [-0.4, -0.2) is 43.1 Å². The molecule has 0 amide bonds. The fourth-order valence-corrected chi connectivity index (χ4v) is 3.53. The monoisotopic (exact) mass is 404 g/mol. The molecular weight excluding hydrogens is 389 g/mol. The molecule has 1 N–H and O–H groups in total. The molecule has 1 aliphatic heterocycles. The summed E-state index contributed by atoms with van der Waals surface area (Å²) in [6, 6.07) is 9.57. The second-order valence-corrected chi connectivity index (χ2v) is 7.94. The second kappa shape index (κ2) is 6.47. The summed E-state index contributed by atoms with van der Waals surface area (Å²) >= 11 is 0. The maximum absolute atomic E-state index is 13.2. The summed E-state index contributed by atoms with van der Waals surface area (Å²) in [6.45, 7) is 0.967. The van der Waals surface area contributed by atoms with E-state index >= 15 is 0 Å². The normalized spacial score (nSPS) is 19.5. The minimum atomic E-state index is -5.20. The van der Waals surface area contributed by atoms with E-state index in [1.54, 1.807) is 12.1 Å². The summed E-state index contributed by atoms with van der Waals surface area (Å²) in [6.07, 6.45) is -5.24. The van der Waals surface area contributed by atoms with E-state index < -0.39 is 33.6 Å². The smallest absolute Gasteiger partial charge is 0.429 e. The summed E-state index contributed by atoms with van der Waals surface area (Å²) in [5, 5.41) is 1.36. The molecule has 0 saturated carbocycles. The van der Waals surface area contributed by atoms with Crippen LogP contribution in [0.1, 0.15) is 28.9 Å². The van der Waals surface area contributed by atoms with Gasteiger partial charge in [0.15, 0.2) is 0 Å². The van der Waals surface area contributed by atoms with E-state index in [0.29, 0.717) is 18.9 Å². The van der Waals surface area contributed by atoms with Crippen molar-refractivity contribution in [1.82, 2.24) is 0 Å². The number of esters is 1. The van der Waals surface area contributed by atoms with E-state index in [4.69, 9.17) is 9.29 Å². The van der Waals surface area contributed by atoms with Gasteiger partial charge in [0.2, 0.25) is 5.60 Å². The van der Waals surface area contributed by atoms with Crippen molar-refractivity contribution < 1.29 is 40.4 Å². The van der Waals surface area contributed by atoms with Gasteiger partial charge in [0.05, 0.1) is 12.2 Å². The van der Waals surface area contributed by atoms with E-state index in [1.807, 2.05) is 6.07 Å². The van der Waals surface area contributed by atoms with Crippen LogP contribution in [0.3, 0.4) is 0 Å². The summed E-state index contributed by atoms with van der Waals surface area (Å²) in [7, 11) is -5.05. The van der Waals surface area contributed by atoms with E-state index in [9.17, 15) is 26.4 Å². The molecule has 1 fully saturated rings. The fraction of sp³-hybridized carbons (Fsp3) is 0.353. The lowest BCUT2D eigenvalue weighted by molar-refractivity contribution is -0.243. The average Bonchev–Trinajstić information content (AvgIpc) is 3.35. The van der Waals surface area contributed by atoms with Gasteiger partial charge in [-0.25, -0.2) is 4.79 Å². The van der Waals surface area contributed by atoms with Crippen LogP contribution in [0.15, 0.2) is 36.4 Å². The molecular formula is C17H15F3O6S. The number of carbonyl (C=O) groups is 1. The molecule has 0 radical (unpaired) electrons. The van der Waals surface area contributed by atoms with Crippen LogP contribution in [0.4, 0.5) is 13.2 Å². The minimum absolute atomic E-state index is 0.0340. The maximum Gasteiger partial charge on any atom is 0.429 e. The number of ether oxygens (including phenoxy) is 2. The summed E-state index contributed by atoms with van der Waals surface area (Å²) < 4.78 is 80.1. The van der Waals surface area contributed by atoms with Gasteiger partial charge in [-0.05, 0) is 41.5 Å². The Kier molecular flexibility index (Phi) is 4.69. The van der Waals surface area contributed by atoms with Crippen molar-refractivity contribution in [1.29, 1.82) is 0 Å². The van der Waals surface area contributed by atoms with Gasteiger partial charge < -0.3 is 9.47 Å². The van der Waals surface area contributed by atoms with Crippen LogP contribution >= 0.6 is 0 Å². The zero-order chi connectivity index (χ0) is 20.0. The molecule has 2 aromatic rings. The molecule has 0 aliphatic carbocycles. The molecule has 6 nitrogen and oxygen atoms in total. The van der Waals surface area contributed by atoms with Gasteiger partial charge in [0, 0.05) is 0 Å². The molecule has 2 atom stereocenters. The first-order chi connectivity index (χ1) is 12.4. The van der Waals surface area contributed by atoms with Crippen LogP contribution in [0, 0.1) is 0 Å². The lowest BCUT2D eigenvalue weighted by atomic mass is 10.0. The molecule has 0 aromatic heterocycles. The Balaban J connectivity index is 1.91. The molecule has 1 aliphatic rings. The number of epoxide rings is 1. The maximum atomic E-state index is 13.2. The van der Waals surface area contributed by atoms with Gasteiger partial charge >= 0.3 is 12.1 Å². The van der Waals surface area contributed by atoms with Gasteiger partial charge in [-0.2, -0.15) is 21.6 Å². The summed E-state index contributed by atoms with van der Waals surface area (Å²) in [5.41, 5.74) is -2.70. The van der Waals surface area contributed by atoms with E-state index in [0.717, 1.165) is 10.9 Å². The Labute approximate surface area is 152 Å². The van der Waals surface area contributed by atoms with Crippen molar-refractivity contribution >= 4 is 26.9 Å². The van der Waals surface area contributed by atoms with Crippen molar-refractivity contribution in [3.63, 3.8) is 0 Å². The van der Waals surface area contributed by atoms with E-state index in [-0.39, 0.29) is 11.7 Å². The van der Waals surface area contributed by atoms with Crippen LogP contribution in [0.5, 0.6) is 0 Å². The van der Waals surface area contributed by atoms with Gasteiger partial charge in [0.1, 0.15) is 11.9 Å². The molecule has 3 rings (SSSR count). The third-order valence-electron chi connectivity index (χ3n) is 4.18. The molecule has 10 heteroatoms. The number of rotatable bonds is 5. The first-order valence-electron chi connectivity index (χ1n) is 7.78. The van der Waals surface area contributed by atoms with Crippen LogP contribution < -0.4 is 0 Å². The van der Waals surface area contributed by atoms with Crippen LogP contribution in [0.25, 0.3) is 10.8 Å². The largest absolute Gasteiger partial charge is 0.445 e. The summed E-state index contributed by atoms with van der Waals surface area (Å²) in [4.78, 5) is 12.2. The lowest BCUT2D eigenvalue weighted by Crippen LogP contribution is -2.51. The Hall–Kier alpha value is -2.17. The molecule has 27 heavy (non-hydrogen) atoms. The highest BCUT2D eigenvalue weighted by Gasteiger charge is 2.57. The third-order valence-corrected chi connectivity index (χ3v) is 5.10. The molecule has 0 spiro atoms. The molecule has 2 aromatic carbocycles. The second-order valence-electron chi connectivity index (χ2n) is 6.49. The number of benzene rings is 2. The fourth-order valence-electron chi connectivity index (χ4n) is 2.61. The zero-order valence-electron chi connectivity index (χ0n) is 14.0. The molecule has 1 saturated heterocycles. The van der Waals surface area contributed by atoms with Crippen molar-refractivity contribution in [2.75, 3.05) is 12.4 Å². The first kappa shape index (κ1) is 19.6. The van der Waals surface area contributed by atoms with Gasteiger partial charge in [-0.3, -0.25) is 4.55 Å². The van der Waals surface area contributed by atoms with Crippen molar-refractivity contribution in [2.24, 2.45) is 0 Å². The first-order valence-corrected chi connectivity index (χ1v) is 9.39. The third kappa shape index (κ3) is 4.40. The van der Waals surface area contributed by atoms with E-state index in [2.05, 4.69) is 4.74 Å². The molecule has 1 heterocycles. The predicted octanol–water partition coefficient (Wildman–Crippen LogP) is 3.28. The van der Waals surface area contributed by atoms with Crippen molar-refractivity contribution in [3.05, 3.63) is 47.5 Å². The van der Waals surface area contributed by atoms with Crippen LogP contribution in [0.2, 0.25) is 0 Å². The van der Waals surface area contributed by atoms with Crippen molar-refractivity contribution in [2.45, 2.75) is 24.8 Å². The van der Waals surface area contributed by atoms with Gasteiger partial charge in [-0.15, -0.1) is 0 Å². The average molecular weight is 404 g/mol. The summed E-state index contributed by atoms with van der Waals surface area (Å²) in [5.74, 6) is -3.15. The Bertz CT molecular complexity index is 997. The predicted molar refractivity (Wildman–Crippen MR) is 88.9 cm³/mol. The number of alkyl halides is 3. The Morgan fingerprint density at radius 1 is 1.22 bits per heavy atom. The SMILES string of the molecule is CC(CS(=O)(=O)O)(OC(=O)c1ccc2ccc(C3CO3)cc2c1)C(F)(F)F. The quantitative estimate of drug-likeness (QED) is 0.467. The van der Waals surface area contributed by atoms with Crippen molar-refractivity contribution in [3.8, 4) is 0 Å². The highest BCUT2D eigenvalue weighted by atomic mass is 32.2. The minimum Gasteiger partial charge on any atom is -0.445 e. The molecule has 146 valence electrons. The molecule has 2 unspecified atom stereocenters. The topological polar surface area (TPSA) is 93.2 Å². The van der Waals surface area contributed by atoms with Crippen LogP contribution in [-0.2, 0) is 19.6 Å². The highest BCUT2D eigenvalue weighted by molar-refractivity contribution is 7.85. The molecule has 0 bridgehead atoms. The van der Waals surface area contributed by atoms with Gasteiger partial charge in [0.25, 0.3) is 10.1 Å². The number of halogens is 3. The number of carbonyl (C=O) groups excluding carboxylic acids is 1. The Morgan fingerprint density at radius 2 is 1.85 bits per heavy atom. The highest BCUT2D eigenvalue weighted by Crippen LogP contribution is 2.36. The number of hydrogen-bond acceptors (Lipinski definition) is 5. The number of hydrogen-bond donors (Lipinski definition) is 1. The Morgan fingerprint density at radius 3 is 2.41 bits per heavy atom. The van der Waals surface area contributed by atoms with Gasteiger partial charge in [-0.1, -0.05) is 18.2 Å². The zero-order valence-corrected chi connectivity index (χ0v) is 14.8. The lowest BCUT2D eigenvalue weighted by Gasteiger charge is -2.30.